The lowest BCUT2D eigenvalue weighted by molar-refractivity contribution is -0.128. The minimum Gasteiger partial charge on any atom is -0.319 e. The van der Waals surface area contributed by atoms with E-state index in [1.165, 1.54) is 0 Å². The Labute approximate surface area is 93.2 Å². The fourth-order valence-electron chi connectivity index (χ4n) is 1.51. The second-order valence-corrected chi connectivity index (χ2v) is 4.65. The van der Waals surface area contributed by atoms with E-state index in [4.69, 9.17) is 6.42 Å². The van der Waals surface area contributed by atoms with Gasteiger partial charge in [0, 0.05) is 19.0 Å². The van der Waals surface area contributed by atoms with Gasteiger partial charge in [0.2, 0.25) is 0 Å². The van der Waals surface area contributed by atoms with Crippen molar-refractivity contribution >= 4 is 5.78 Å². The molecular weight excluding hydrogens is 188 g/mol. The number of rotatable bonds is 6. The van der Waals surface area contributed by atoms with Gasteiger partial charge in [-0.2, -0.15) is 0 Å². The quantitative estimate of drug-likeness (QED) is 0.652. The van der Waals surface area contributed by atoms with Gasteiger partial charge in [0.15, 0.2) is 5.78 Å². The van der Waals surface area contributed by atoms with E-state index in [9.17, 15) is 4.79 Å². The molecule has 0 aromatic heterocycles. The molecule has 86 valence electrons. The van der Waals surface area contributed by atoms with Gasteiger partial charge in [-0.25, -0.2) is 0 Å². The van der Waals surface area contributed by atoms with Gasteiger partial charge in [-0.3, -0.25) is 4.79 Å². The minimum atomic E-state index is -0.669. The lowest BCUT2D eigenvalue weighted by atomic mass is 9.81. The lowest BCUT2D eigenvalue weighted by Gasteiger charge is -2.26. The van der Waals surface area contributed by atoms with Crippen LogP contribution < -0.4 is 5.32 Å². The molecule has 3 heteroatoms. The van der Waals surface area contributed by atoms with E-state index < -0.39 is 5.41 Å². The first-order valence-electron chi connectivity index (χ1n) is 5.16. The maximum atomic E-state index is 12.1. The molecule has 0 aromatic rings. The van der Waals surface area contributed by atoms with Crippen LogP contribution in [0, 0.1) is 23.7 Å². The topological polar surface area (TPSA) is 32.3 Å². The van der Waals surface area contributed by atoms with Crippen LogP contribution in [0.3, 0.4) is 0 Å². The zero-order chi connectivity index (χ0) is 12.1. The van der Waals surface area contributed by atoms with Gasteiger partial charge in [-0.1, -0.05) is 5.92 Å². The second-order valence-electron chi connectivity index (χ2n) is 4.65. The largest absolute Gasteiger partial charge is 0.319 e. The maximum Gasteiger partial charge on any atom is 0.155 e. The standard InChI is InChI=1S/C12H22N2O/c1-7-12(2,3)11(15)10(8-13-4)9-14(5)6/h1,10,13H,8-9H2,2-6H3. The van der Waals surface area contributed by atoms with E-state index in [2.05, 4.69) is 11.2 Å². The van der Waals surface area contributed by atoms with Crippen LogP contribution in [0.4, 0.5) is 0 Å². The smallest absolute Gasteiger partial charge is 0.155 e. The normalized spacial score (nSPS) is 13.7. The summed E-state index contributed by atoms with van der Waals surface area (Å²) >= 11 is 0. The van der Waals surface area contributed by atoms with Crippen LogP contribution >= 0.6 is 0 Å². The summed E-state index contributed by atoms with van der Waals surface area (Å²) in [6.45, 7) is 4.99. The zero-order valence-electron chi connectivity index (χ0n) is 10.4. The Kier molecular flexibility index (Phi) is 5.56. The van der Waals surface area contributed by atoms with Crippen LogP contribution in [-0.4, -0.2) is 44.9 Å². The number of nitrogens with zero attached hydrogens (tertiary/aromatic N) is 1. The Balaban J connectivity index is 4.63. The fraction of sp³-hybridized carbons (Fsp3) is 0.750. The molecule has 0 saturated heterocycles. The van der Waals surface area contributed by atoms with Crippen molar-refractivity contribution in [2.75, 3.05) is 34.2 Å². The second kappa shape index (κ2) is 5.89. The Morgan fingerprint density at radius 1 is 1.53 bits per heavy atom. The van der Waals surface area contributed by atoms with Crippen LogP contribution in [0.2, 0.25) is 0 Å². The molecule has 1 N–H and O–H groups in total. The Hall–Kier alpha value is -0.850. The first-order chi connectivity index (χ1) is 6.85. The Morgan fingerprint density at radius 3 is 2.40 bits per heavy atom. The number of hydrogen-bond acceptors (Lipinski definition) is 3. The third-order valence-corrected chi connectivity index (χ3v) is 2.38. The molecule has 1 unspecified atom stereocenters. The molecule has 0 aliphatic carbocycles. The van der Waals surface area contributed by atoms with E-state index >= 15 is 0 Å². The molecular formula is C12H22N2O. The molecule has 15 heavy (non-hydrogen) atoms. The molecule has 3 nitrogen and oxygen atoms in total. The SMILES string of the molecule is C#CC(C)(C)C(=O)C(CNC)CN(C)C. The molecule has 0 saturated carbocycles. The van der Waals surface area contributed by atoms with Crippen molar-refractivity contribution in [2.24, 2.45) is 11.3 Å². The number of Topliss-reactive ketones (excluding diaryl/α,β-unsaturated/α-hetero) is 1. The van der Waals surface area contributed by atoms with Crippen molar-refractivity contribution in [1.29, 1.82) is 0 Å². The first kappa shape index (κ1) is 14.2. The van der Waals surface area contributed by atoms with Crippen molar-refractivity contribution in [2.45, 2.75) is 13.8 Å². The molecule has 0 aliphatic rings. The number of nitrogens with one attached hydrogen (secondary N) is 1. The van der Waals surface area contributed by atoms with Gasteiger partial charge in [0.05, 0.1) is 5.41 Å². The maximum absolute atomic E-state index is 12.1. The van der Waals surface area contributed by atoms with Gasteiger partial charge in [-0.05, 0) is 35.0 Å². The summed E-state index contributed by atoms with van der Waals surface area (Å²) in [7, 11) is 5.76. The lowest BCUT2D eigenvalue weighted by Crippen LogP contribution is -2.40. The number of hydrogen-bond donors (Lipinski definition) is 1. The van der Waals surface area contributed by atoms with Crippen molar-refractivity contribution in [1.82, 2.24) is 10.2 Å². The van der Waals surface area contributed by atoms with Crippen LogP contribution in [0.25, 0.3) is 0 Å². The summed E-state index contributed by atoms with van der Waals surface area (Å²) in [5.41, 5.74) is -0.669. The highest BCUT2D eigenvalue weighted by Crippen LogP contribution is 2.20. The highest BCUT2D eigenvalue weighted by Gasteiger charge is 2.31. The molecule has 0 bridgehead atoms. The van der Waals surface area contributed by atoms with Gasteiger partial charge >= 0.3 is 0 Å². The molecule has 0 spiro atoms. The summed E-state index contributed by atoms with van der Waals surface area (Å²) in [4.78, 5) is 14.1. The minimum absolute atomic E-state index is 0.0453. The van der Waals surface area contributed by atoms with Crippen molar-refractivity contribution < 1.29 is 4.79 Å². The molecule has 0 fully saturated rings. The predicted octanol–water partition coefficient (Wildman–Crippen LogP) is 0.612. The average Bonchev–Trinajstić information content (AvgIpc) is 2.15. The van der Waals surface area contributed by atoms with Gasteiger partial charge < -0.3 is 10.2 Å². The van der Waals surface area contributed by atoms with E-state index in [1.807, 2.05) is 26.0 Å². The third-order valence-electron chi connectivity index (χ3n) is 2.38. The monoisotopic (exact) mass is 210 g/mol. The number of carbonyl (C=O) groups excluding carboxylic acids is 1. The first-order valence-corrected chi connectivity index (χ1v) is 5.16. The van der Waals surface area contributed by atoms with Crippen LogP contribution in [0.5, 0.6) is 0 Å². The summed E-state index contributed by atoms with van der Waals surface area (Å²) in [6.07, 6.45) is 5.37. The molecule has 0 heterocycles. The summed E-state index contributed by atoms with van der Waals surface area (Å²) in [5, 5.41) is 3.03. The molecule has 0 amide bonds. The summed E-state index contributed by atoms with van der Waals surface area (Å²) in [6, 6.07) is 0. The van der Waals surface area contributed by atoms with Crippen molar-refractivity contribution in [3.05, 3.63) is 0 Å². The third kappa shape index (κ3) is 4.46. The van der Waals surface area contributed by atoms with Gasteiger partial charge in [-0.15, -0.1) is 6.42 Å². The highest BCUT2D eigenvalue weighted by molar-refractivity contribution is 5.89. The molecule has 0 aromatic carbocycles. The highest BCUT2D eigenvalue weighted by atomic mass is 16.1. The molecule has 0 radical (unpaired) electrons. The molecule has 0 aliphatic heterocycles. The summed E-state index contributed by atoms with van der Waals surface area (Å²) < 4.78 is 0. The number of carbonyl (C=O) groups is 1. The van der Waals surface area contributed by atoms with E-state index in [1.54, 1.807) is 13.8 Å². The molecule has 0 rings (SSSR count). The van der Waals surface area contributed by atoms with Crippen molar-refractivity contribution in [3.8, 4) is 12.3 Å². The zero-order valence-corrected chi connectivity index (χ0v) is 10.4. The van der Waals surface area contributed by atoms with Crippen molar-refractivity contribution in [3.63, 3.8) is 0 Å². The summed E-state index contributed by atoms with van der Waals surface area (Å²) in [5.74, 6) is 2.64. The number of ketones is 1. The van der Waals surface area contributed by atoms with E-state index in [0.717, 1.165) is 6.54 Å². The average molecular weight is 210 g/mol. The van der Waals surface area contributed by atoms with Gasteiger partial charge in [0.1, 0.15) is 0 Å². The van der Waals surface area contributed by atoms with Crippen LogP contribution in [0.15, 0.2) is 0 Å². The number of terminal acetylenes is 1. The van der Waals surface area contributed by atoms with E-state index in [-0.39, 0.29) is 11.7 Å². The Bertz CT molecular complexity index is 251. The van der Waals surface area contributed by atoms with Crippen LogP contribution in [0.1, 0.15) is 13.8 Å². The predicted molar refractivity (Wildman–Crippen MR) is 63.6 cm³/mol. The van der Waals surface area contributed by atoms with Gasteiger partial charge in [0.25, 0.3) is 0 Å². The Morgan fingerprint density at radius 2 is 2.07 bits per heavy atom. The fourth-order valence-corrected chi connectivity index (χ4v) is 1.51. The molecule has 1 atom stereocenters. The van der Waals surface area contributed by atoms with E-state index in [0.29, 0.717) is 6.54 Å². The van der Waals surface area contributed by atoms with Crippen LogP contribution in [-0.2, 0) is 4.79 Å².